The maximum atomic E-state index is 11.7. The number of benzene rings is 2. The minimum absolute atomic E-state index is 0.0356. The van der Waals surface area contributed by atoms with Crippen LogP contribution in [0.1, 0.15) is 5.56 Å². The molecule has 3 aromatic rings. The molecule has 0 radical (unpaired) electrons. The van der Waals surface area contributed by atoms with Crippen LogP contribution < -0.4 is 10.5 Å². The van der Waals surface area contributed by atoms with Gasteiger partial charge in [-0.25, -0.2) is 23.5 Å². The fourth-order valence-electron chi connectivity index (χ4n) is 2.71. The van der Waals surface area contributed by atoms with Crippen molar-refractivity contribution in [2.24, 2.45) is 5.14 Å². The first-order valence-corrected chi connectivity index (χ1v) is 9.66. The Hall–Kier alpha value is -3.15. The summed E-state index contributed by atoms with van der Waals surface area (Å²) in [6, 6.07) is 8.82. The van der Waals surface area contributed by atoms with Crippen LogP contribution >= 0.6 is 0 Å². The average Bonchev–Trinajstić information content (AvgIpc) is 2.61. The second kappa shape index (κ2) is 7.46. The second-order valence-corrected chi connectivity index (χ2v) is 7.97. The Morgan fingerprint density at radius 1 is 1.18 bits per heavy atom. The molecule has 11 heteroatoms. The fraction of sp³-hybridized carbons (Fsp3) is 0.176. The van der Waals surface area contributed by atoms with E-state index in [2.05, 4.69) is 15.3 Å². The molecule has 28 heavy (non-hydrogen) atoms. The highest BCUT2D eigenvalue weighted by Crippen LogP contribution is 2.29. The van der Waals surface area contributed by atoms with Gasteiger partial charge in [0.15, 0.2) is 0 Å². The maximum Gasteiger partial charge on any atom is 0.271 e. The number of fused-ring (bicyclic) bond motifs is 1. The quantitative estimate of drug-likeness (QED) is 0.470. The van der Waals surface area contributed by atoms with Crippen molar-refractivity contribution in [2.45, 2.75) is 11.4 Å². The van der Waals surface area contributed by atoms with Crippen LogP contribution in [0.3, 0.4) is 0 Å². The van der Waals surface area contributed by atoms with Gasteiger partial charge in [0.05, 0.1) is 15.3 Å². The van der Waals surface area contributed by atoms with Crippen LogP contribution in [0.15, 0.2) is 47.6 Å². The number of nitrogens with zero attached hydrogens (tertiary/aromatic N) is 4. The number of rotatable bonds is 6. The van der Waals surface area contributed by atoms with Crippen LogP contribution in [-0.4, -0.2) is 42.3 Å². The molecule has 10 nitrogen and oxygen atoms in total. The molecule has 0 spiro atoms. The number of aromatic nitrogens is 2. The standard InChI is InChI=1S/C17H18N6O4S/c1-22(2)9-11-3-5-13(28(18,26)27)8-15(11)21-17-14-6-4-12(23(24)25)7-16(14)19-10-20-17/h3-8,10H,9H2,1-2H3,(H2,18,26,27)(H,19,20,21). The van der Waals surface area contributed by atoms with Crippen molar-refractivity contribution in [1.82, 2.24) is 14.9 Å². The minimum Gasteiger partial charge on any atom is -0.339 e. The summed E-state index contributed by atoms with van der Waals surface area (Å²) >= 11 is 0. The summed E-state index contributed by atoms with van der Waals surface area (Å²) in [4.78, 5) is 20.6. The molecule has 1 aromatic heterocycles. The molecule has 0 bridgehead atoms. The molecule has 2 aromatic carbocycles. The molecule has 3 rings (SSSR count). The van der Waals surface area contributed by atoms with E-state index in [4.69, 9.17) is 5.14 Å². The number of non-ortho nitro benzene ring substituents is 1. The zero-order chi connectivity index (χ0) is 20.5. The molecule has 0 saturated carbocycles. The SMILES string of the molecule is CN(C)Cc1ccc(S(N)(=O)=O)cc1Nc1ncnc2cc([N+](=O)[O-])ccc12. The van der Waals surface area contributed by atoms with Crippen LogP contribution in [0, 0.1) is 10.1 Å². The molecule has 0 unspecified atom stereocenters. The van der Waals surface area contributed by atoms with Gasteiger partial charge >= 0.3 is 0 Å². The van der Waals surface area contributed by atoms with Crippen molar-refractivity contribution < 1.29 is 13.3 Å². The lowest BCUT2D eigenvalue weighted by Gasteiger charge is -2.17. The first-order chi connectivity index (χ1) is 13.1. The van der Waals surface area contributed by atoms with Crippen molar-refractivity contribution >= 4 is 38.1 Å². The summed E-state index contributed by atoms with van der Waals surface area (Å²) in [5.41, 5.74) is 1.65. The Morgan fingerprint density at radius 2 is 1.93 bits per heavy atom. The number of hydrogen-bond donors (Lipinski definition) is 2. The largest absolute Gasteiger partial charge is 0.339 e. The van der Waals surface area contributed by atoms with E-state index in [-0.39, 0.29) is 10.6 Å². The van der Waals surface area contributed by atoms with Gasteiger partial charge in [-0.05, 0) is 37.9 Å². The normalized spacial score (nSPS) is 11.7. The molecule has 0 amide bonds. The second-order valence-electron chi connectivity index (χ2n) is 6.41. The number of primary sulfonamides is 1. The highest BCUT2D eigenvalue weighted by molar-refractivity contribution is 7.89. The monoisotopic (exact) mass is 402 g/mol. The minimum atomic E-state index is -3.88. The summed E-state index contributed by atoms with van der Waals surface area (Å²) in [5.74, 6) is 0.395. The third kappa shape index (κ3) is 4.22. The predicted octanol–water partition coefficient (Wildman–Crippen LogP) is 1.99. The third-order valence-electron chi connectivity index (χ3n) is 3.98. The van der Waals surface area contributed by atoms with E-state index in [1.54, 1.807) is 12.1 Å². The average molecular weight is 402 g/mol. The fourth-order valence-corrected chi connectivity index (χ4v) is 3.25. The first-order valence-electron chi connectivity index (χ1n) is 8.12. The zero-order valence-corrected chi connectivity index (χ0v) is 16.0. The molecule has 146 valence electrons. The Kier molecular flexibility index (Phi) is 5.23. The summed E-state index contributed by atoms with van der Waals surface area (Å²) < 4.78 is 23.5. The van der Waals surface area contributed by atoms with Crippen molar-refractivity contribution in [1.29, 1.82) is 0 Å². The van der Waals surface area contributed by atoms with E-state index >= 15 is 0 Å². The van der Waals surface area contributed by atoms with E-state index in [9.17, 15) is 18.5 Å². The molecule has 0 aliphatic rings. The van der Waals surface area contributed by atoms with Crippen molar-refractivity contribution in [3.05, 3.63) is 58.4 Å². The summed E-state index contributed by atoms with van der Waals surface area (Å²) in [6.07, 6.45) is 1.28. The van der Waals surface area contributed by atoms with Gasteiger partial charge in [-0.1, -0.05) is 6.07 Å². The molecule has 0 atom stereocenters. The van der Waals surface area contributed by atoms with Crippen molar-refractivity contribution in [3.8, 4) is 0 Å². The third-order valence-corrected chi connectivity index (χ3v) is 4.89. The molecule has 0 aliphatic heterocycles. The zero-order valence-electron chi connectivity index (χ0n) is 15.2. The van der Waals surface area contributed by atoms with Gasteiger partial charge < -0.3 is 10.2 Å². The molecule has 3 N–H and O–H groups in total. The number of nitro benzene ring substituents is 1. The van der Waals surface area contributed by atoms with Gasteiger partial charge in [0.25, 0.3) is 5.69 Å². The van der Waals surface area contributed by atoms with Gasteiger partial charge in [0, 0.05) is 29.8 Å². The number of sulfonamides is 1. The van der Waals surface area contributed by atoms with Crippen molar-refractivity contribution in [3.63, 3.8) is 0 Å². The number of nitro groups is 1. The Bertz CT molecular complexity index is 1160. The van der Waals surface area contributed by atoms with E-state index < -0.39 is 14.9 Å². The number of nitrogens with two attached hydrogens (primary N) is 1. The smallest absolute Gasteiger partial charge is 0.271 e. The van der Waals surface area contributed by atoms with Crippen LogP contribution in [0.25, 0.3) is 10.9 Å². The van der Waals surface area contributed by atoms with Crippen LogP contribution in [0.5, 0.6) is 0 Å². The molecular formula is C17H18N6O4S. The molecule has 0 fully saturated rings. The van der Waals surface area contributed by atoms with Crippen LogP contribution in [0.2, 0.25) is 0 Å². The van der Waals surface area contributed by atoms with E-state index in [0.717, 1.165) is 5.56 Å². The maximum absolute atomic E-state index is 11.7. The van der Waals surface area contributed by atoms with Gasteiger partial charge in [-0.2, -0.15) is 0 Å². The van der Waals surface area contributed by atoms with E-state index in [1.165, 1.54) is 30.6 Å². The highest BCUT2D eigenvalue weighted by Gasteiger charge is 2.15. The van der Waals surface area contributed by atoms with E-state index in [1.807, 2.05) is 19.0 Å². The highest BCUT2D eigenvalue weighted by atomic mass is 32.2. The van der Waals surface area contributed by atoms with Crippen molar-refractivity contribution in [2.75, 3.05) is 19.4 Å². The summed E-state index contributed by atoms with van der Waals surface area (Å²) in [5, 5.41) is 19.9. The number of anilines is 2. The molecule has 0 aliphatic carbocycles. The van der Waals surface area contributed by atoms with Gasteiger partial charge in [-0.3, -0.25) is 10.1 Å². The van der Waals surface area contributed by atoms with Crippen LogP contribution in [0.4, 0.5) is 17.2 Å². The summed E-state index contributed by atoms with van der Waals surface area (Å²) in [6.45, 7) is 0.543. The Balaban J connectivity index is 2.10. The van der Waals surface area contributed by atoms with Gasteiger partial charge in [-0.15, -0.1) is 0 Å². The lowest BCUT2D eigenvalue weighted by Crippen LogP contribution is -2.15. The first kappa shape index (κ1) is 19.6. The van der Waals surface area contributed by atoms with Gasteiger partial charge in [0.2, 0.25) is 10.0 Å². The molecular weight excluding hydrogens is 384 g/mol. The Labute approximate surface area is 161 Å². The molecule has 1 heterocycles. The number of hydrogen-bond acceptors (Lipinski definition) is 8. The Morgan fingerprint density at radius 3 is 2.57 bits per heavy atom. The summed E-state index contributed by atoms with van der Waals surface area (Å²) in [7, 11) is -0.111. The van der Waals surface area contributed by atoms with Gasteiger partial charge in [0.1, 0.15) is 12.1 Å². The van der Waals surface area contributed by atoms with E-state index in [0.29, 0.717) is 29.0 Å². The topological polar surface area (TPSA) is 144 Å². The lowest BCUT2D eigenvalue weighted by atomic mass is 10.1. The lowest BCUT2D eigenvalue weighted by molar-refractivity contribution is -0.384. The van der Waals surface area contributed by atoms with Crippen LogP contribution in [-0.2, 0) is 16.6 Å². The number of nitrogens with one attached hydrogen (secondary N) is 1. The predicted molar refractivity (Wildman–Crippen MR) is 105 cm³/mol. The molecule has 0 saturated heterocycles.